The van der Waals surface area contributed by atoms with E-state index in [-0.39, 0.29) is 10.6 Å². The average Bonchev–Trinajstić information content (AvgIpc) is 2.45. The molecule has 5 heteroatoms. The Morgan fingerprint density at radius 3 is 2.68 bits per heavy atom. The first-order valence-corrected chi connectivity index (χ1v) is 6.46. The van der Waals surface area contributed by atoms with Gasteiger partial charge >= 0.3 is 0 Å². The van der Waals surface area contributed by atoms with Crippen molar-refractivity contribution in [1.29, 1.82) is 0 Å². The summed E-state index contributed by atoms with van der Waals surface area (Å²) < 4.78 is 5.20. The first-order valence-electron chi connectivity index (χ1n) is 6.46. The van der Waals surface area contributed by atoms with E-state index in [1.54, 1.807) is 18.2 Å². The highest BCUT2D eigenvalue weighted by Crippen LogP contribution is 2.29. The van der Waals surface area contributed by atoms with Crippen LogP contribution in [0.1, 0.15) is 24.8 Å². The van der Waals surface area contributed by atoms with Gasteiger partial charge in [-0.3, -0.25) is 10.1 Å². The van der Waals surface area contributed by atoms with E-state index in [1.807, 2.05) is 6.20 Å². The van der Waals surface area contributed by atoms with Crippen LogP contribution in [0.4, 0.5) is 5.69 Å². The quantitative estimate of drug-likeness (QED) is 0.618. The average molecular weight is 262 g/mol. The van der Waals surface area contributed by atoms with E-state index in [0.29, 0.717) is 11.3 Å². The van der Waals surface area contributed by atoms with E-state index in [9.17, 15) is 10.1 Å². The summed E-state index contributed by atoms with van der Waals surface area (Å²) in [6.45, 7) is 2.03. The molecule has 102 valence electrons. The Morgan fingerprint density at radius 1 is 1.32 bits per heavy atom. The number of nitro benzene ring substituents is 1. The van der Waals surface area contributed by atoms with Crippen LogP contribution in [0.25, 0.3) is 6.08 Å². The number of likely N-dealkylation sites (tertiary alicyclic amines) is 1. The molecular formula is C14H18N2O3. The zero-order valence-electron chi connectivity index (χ0n) is 11.0. The predicted octanol–water partition coefficient (Wildman–Crippen LogP) is 3.06. The third-order valence-electron chi connectivity index (χ3n) is 3.30. The third kappa shape index (κ3) is 3.24. The van der Waals surface area contributed by atoms with Crippen LogP contribution in [0.15, 0.2) is 24.4 Å². The molecule has 1 aliphatic rings. The number of nitrogens with zero attached hydrogens (tertiary/aromatic N) is 2. The number of nitro groups is 1. The van der Waals surface area contributed by atoms with Gasteiger partial charge in [0.25, 0.3) is 5.69 Å². The summed E-state index contributed by atoms with van der Waals surface area (Å²) in [6, 6.07) is 4.87. The molecule has 1 fully saturated rings. The summed E-state index contributed by atoms with van der Waals surface area (Å²) in [6.07, 6.45) is 7.34. The number of piperidine rings is 1. The Morgan fingerprint density at radius 2 is 2.05 bits per heavy atom. The van der Waals surface area contributed by atoms with Crippen LogP contribution in [0.2, 0.25) is 0 Å². The van der Waals surface area contributed by atoms with Gasteiger partial charge in [-0.15, -0.1) is 0 Å². The van der Waals surface area contributed by atoms with Crippen molar-refractivity contribution in [3.05, 3.63) is 40.1 Å². The Bertz CT molecular complexity index is 480. The van der Waals surface area contributed by atoms with Gasteiger partial charge in [-0.1, -0.05) is 6.07 Å². The molecule has 0 N–H and O–H groups in total. The van der Waals surface area contributed by atoms with Gasteiger partial charge in [0.05, 0.1) is 17.6 Å². The fourth-order valence-electron chi connectivity index (χ4n) is 2.28. The van der Waals surface area contributed by atoms with Crippen molar-refractivity contribution in [2.75, 3.05) is 20.2 Å². The van der Waals surface area contributed by atoms with E-state index in [1.165, 1.54) is 32.4 Å². The Kier molecular flexibility index (Phi) is 4.39. The molecule has 2 rings (SSSR count). The first-order chi connectivity index (χ1) is 9.22. The largest absolute Gasteiger partial charge is 0.496 e. The second-order valence-corrected chi connectivity index (χ2v) is 4.56. The van der Waals surface area contributed by atoms with Crippen LogP contribution < -0.4 is 4.74 Å². The lowest BCUT2D eigenvalue weighted by Crippen LogP contribution is -2.23. The Hall–Kier alpha value is -2.04. The van der Waals surface area contributed by atoms with Crippen LogP contribution in [0.3, 0.4) is 0 Å². The molecule has 0 atom stereocenters. The molecule has 0 amide bonds. The summed E-state index contributed by atoms with van der Waals surface area (Å²) >= 11 is 0. The van der Waals surface area contributed by atoms with Crippen LogP contribution in [-0.2, 0) is 0 Å². The molecule has 1 heterocycles. The van der Waals surface area contributed by atoms with Gasteiger partial charge in [0.1, 0.15) is 5.75 Å². The molecule has 0 saturated carbocycles. The zero-order valence-corrected chi connectivity index (χ0v) is 11.0. The van der Waals surface area contributed by atoms with Crippen molar-refractivity contribution in [3.63, 3.8) is 0 Å². The molecule has 0 unspecified atom stereocenters. The number of methoxy groups -OCH3 is 1. The Labute approximate surface area is 112 Å². The van der Waals surface area contributed by atoms with Gasteiger partial charge in [-0.25, -0.2) is 0 Å². The minimum absolute atomic E-state index is 0.0765. The van der Waals surface area contributed by atoms with Crippen LogP contribution in [0, 0.1) is 10.1 Å². The summed E-state index contributed by atoms with van der Waals surface area (Å²) in [4.78, 5) is 12.9. The maximum absolute atomic E-state index is 11.0. The second-order valence-electron chi connectivity index (χ2n) is 4.56. The van der Waals surface area contributed by atoms with E-state index < -0.39 is 0 Å². The molecule has 1 aliphatic heterocycles. The van der Waals surface area contributed by atoms with Gasteiger partial charge < -0.3 is 9.64 Å². The van der Waals surface area contributed by atoms with E-state index in [0.717, 1.165) is 13.1 Å². The van der Waals surface area contributed by atoms with Gasteiger partial charge in [-0.2, -0.15) is 0 Å². The summed E-state index contributed by atoms with van der Waals surface area (Å²) in [7, 11) is 1.53. The highest BCUT2D eigenvalue weighted by atomic mass is 16.6. The first kappa shape index (κ1) is 13.4. The number of benzene rings is 1. The molecular weight excluding hydrogens is 244 g/mol. The maximum atomic E-state index is 11.0. The molecule has 0 aliphatic carbocycles. The van der Waals surface area contributed by atoms with Gasteiger partial charge in [0.15, 0.2) is 0 Å². The molecule has 0 aromatic heterocycles. The topological polar surface area (TPSA) is 55.6 Å². The van der Waals surface area contributed by atoms with Gasteiger partial charge in [0.2, 0.25) is 0 Å². The van der Waals surface area contributed by atoms with Crippen molar-refractivity contribution in [2.24, 2.45) is 0 Å². The normalized spacial score (nSPS) is 15.7. The van der Waals surface area contributed by atoms with Crippen molar-refractivity contribution in [2.45, 2.75) is 19.3 Å². The molecule has 1 aromatic rings. The van der Waals surface area contributed by atoms with Crippen molar-refractivity contribution >= 4 is 11.8 Å². The number of ether oxygens (including phenoxy) is 1. The zero-order chi connectivity index (χ0) is 13.7. The minimum atomic E-state index is -0.377. The van der Waals surface area contributed by atoms with Gasteiger partial charge in [0, 0.05) is 19.2 Å². The van der Waals surface area contributed by atoms with E-state index in [2.05, 4.69) is 4.90 Å². The number of hydrogen-bond acceptors (Lipinski definition) is 4. The van der Waals surface area contributed by atoms with E-state index >= 15 is 0 Å². The molecule has 5 nitrogen and oxygen atoms in total. The lowest BCUT2D eigenvalue weighted by atomic mass is 10.1. The standard InChI is InChI=1S/C14H18N2O3/c1-19-14-7-5-6-13(16(17)18)12(14)8-11-15-9-3-2-4-10-15/h5-8,11H,2-4,9-10H2,1H3/b11-8+. The molecule has 1 saturated heterocycles. The van der Waals surface area contributed by atoms with Crippen LogP contribution >= 0.6 is 0 Å². The molecule has 0 spiro atoms. The lowest BCUT2D eigenvalue weighted by Gasteiger charge is -2.24. The molecule has 19 heavy (non-hydrogen) atoms. The summed E-state index contributed by atoms with van der Waals surface area (Å²) in [5, 5.41) is 11.0. The van der Waals surface area contributed by atoms with Crippen molar-refractivity contribution in [3.8, 4) is 5.75 Å². The van der Waals surface area contributed by atoms with Gasteiger partial charge in [-0.05, 0) is 37.6 Å². The van der Waals surface area contributed by atoms with Crippen molar-refractivity contribution < 1.29 is 9.66 Å². The lowest BCUT2D eigenvalue weighted by molar-refractivity contribution is -0.385. The number of hydrogen-bond donors (Lipinski definition) is 0. The summed E-state index contributed by atoms with van der Waals surface area (Å²) in [5.41, 5.74) is 0.605. The molecule has 1 aromatic carbocycles. The fourth-order valence-corrected chi connectivity index (χ4v) is 2.28. The SMILES string of the molecule is COc1cccc([N+](=O)[O-])c1/C=C/N1CCCCC1. The molecule has 0 bridgehead atoms. The Balaban J connectivity index is 2.26. The van der Waals surface area contributed by atoms with E-state index in [4.69, 9.17) is 4.74 Å². The third-order valence-corrected chi connectivity index (χ3v) is 3.30. The molecule has 0 radical (unpaired) electrons. The minimum Gasteiger partial charge on any atom is -0.496 e. The summed E-state index contributed by atoms with van der Waals surface area (Å²) in [5.74, 6) is 0.530. The van der Waals surface area contributed by atoms with Crippen molar-refractivity contribution in [1.82, 2.24) is 4.90 Å². The maximum Gasteiger partial charge on any atom is 0.280 e. The predicted molar refractivity (Wildman–Crippen MR) is 74.1 cm³/mol. The van der Waals surface area contributed by atoms with Crippen LogP contribution in [0.5, 0.6) is 5.75 Å². The smallest absolute Gasteiger partial charge is 0.280 e. The number of rotatable bonds is 4. The second kappa shape index (κ2) is 6.22. The highest BCUT2D eigenvalue weighted by Gasteiger charge is 2.16. The fraction of sp³-hybridized carbons (Fsp3) is 0.429. The monoisotopic (exact) mass is 262 g/mol. The van der Waals surface area contributed by atoms with Crippen LogP contribution in [-0.4, -0.2) is 30.0 Å². The highest BCUT2D eigenvalue weighted by molar-refractivity contribution is 5.67.